The molecule has 6 nitrogen and oxygen atoms in total. The van der Waals surface area contributed by atoms with Gasteiger partial charge in [-0.05, 0) is 32.6 Å². The van der Waals surface area contributed by atoms with Crippen LogP contribution in [0.15, 0.2) is 11.6 Å². The number of amides is 2. The van der Waals surface area contributed by atoms with Crippen LogP contribution in [0, 0.1) is 5.92 Å². The van der Waals surface area contributed by atoms with E-state index in [0.717, 1.165) is 24.8 Å². The molecule has 2 heterocycles. The number of hydrogen-bond donors (Lipinski definition) is 2. The zero-order chi connectivity index (χ0) is 16.2. The second-order valence-electron chi connectivity index (χ2n) is 6.55. The molecule has 1 saturated carbocycles. The minimum absolute atomic E-state index is 0.0626. The predicted octanol–water partition coefficient (Wildman–Crippen LogP) is 2.00. The largest absolute Gasteiger partial charge is 0.379 e. The first-order chi connectivity index (χ1) is 11.1. The van der Waals surface area contributed by atoms with Gasteiger partial charge in [0.15, 0.2) is 0 Å². The third-order valence-electron chi connectivity index (χ3n) is 4.64. The zero-order valence-corrected chi connectivity index (χ0v) is 14.6. The Labute approximate surface area is 141 Å². The van der Waals surface area contributed by atoms with Gasteiger partial charge in [-0.2, -0.15) is 0 Å². The van der Waals surface area contributed by atoms with Crippen LogP contribution in [-0.2, 0) is 4.74 Å². The van der Waals surface area contributed by atoms with E-state index in [0.29, 0.717) is 24.5 Å². The molecular weight excluding hydrogens is 312 g/mol. The maximum absolute atomic E-state index is 12.3. The summed E-state index contributed by atoms with van der Waals surface area (Å²) in [7, 11) is 0. The monoisotopic (exact) mass is 338 g/mol. The SMILES string of the molecule is C[C@H](CNC(=O)N[C@H](c1nccs1)C1CC1)N1CCOC[C@H]1C. The highest BCUT2D eigenvalue weighted by molar-refractivity contribution is 7.09. The number of carbonyl (C=O) groups is 1. The number of aromatic nitrogens is 1. The summed E-state index contributed by atoms with van der Waals surface area (Å²) in [6.07, 6.45) is 4.15. The van der Waals surface area contributed by atoms with E-state index in [2.05, 4.69) is 34.4 Å². The molecule has 2 fully saturated rings. The number of nitrogens with zero attached hydrogens (tertiary/aromatic N) is 2. The van der Waals surface area contributed by atoms with Crippen molar-refractivity contribution in [3.05, 3.63) is 16.6 Å². The molecule has 1 saturated heterocycles. The zero-order valence-electron chi connectivity index (χ0n) is 13.8. The average molecular weight is 338 g/mol. The van der Waals surface area contributed by atoms with Gasteiger partial charge < -0.3 is 15.4 Å². The molecule has 1 aromatic heterocycles. The molecule has 2 N–H and O–H groups in total. The molecule has 23 heavy (non-hydrogen) atoms. The maximum Gasteiger partial charge on any atom is 0.315 e. The highest BCUT2D eigenvalue weighted by Gasteiger charge is 2.35. The summed E-state index contributed by atoms with van der Waals surface area (Å²) in [5.74, 6) is 0.545. The summed E-state index contributed by atoms with van der Waals surface area (Å²) in [6, 6.07) is 0.675. The van der Waals surface area contributed by atoms with E-state index in [9.17, 15) is 4.79 Å². The van der Waals surface area contributed by atoms with Gasteiger partial charge in [0.25, 0.3) is 0 Å². The number of thiazole rings is 1. The van der Waals surface area contributed by atoms with E-state index in [1.807, 2.05) is 5.38 Å². The van der Waals surface area contributed by atoms with Crippen LogP contribution in [-0.4, -0.2) is 54.3 Å². The second-order valence-corrected chi connectivity index (χ2v) is 7.48. The van der Waals surface area contributed by atoms with Crippen LogP contribution in [0.5, 0.6) is 0 Å². The van der Waals surface area contributed by atoms with Gasteiger partial charge in [-0.3, -0.25) is 4.90 Å². The first-order valence-corrected chi connectivity index (χ1v) is 9.30. The molecule has 0 aromatic carbocycles. The third-order valence-corrected chi connectivity index (χ3v) is 5.50. The van der Waals surface area contributed by atoms with Crippen LogP contribution >= 0.6 is 11.3 Å². The number of ether oxygens (including phenoxy) is 1. The highest BCUT2D eigenvalue weighted by atomic mass is 32.1. The molecule has 2 amide bonds. The number of carbonyl (C=O) groups excluding carboxylic acids is 1. The van der Waals surface area contributed by atoms with Crippen LogP contribution < -0.4 is 10.6 Å². The first kappa shape index (κ1) is 16.7. The Morgan fingerprint density at radius 2 is 2.39 bits per heavy atom. The third kappa shape index (κ3) is 4.43. The van der Waals surface area contributed by atoms with E-state index in [-0.39, 0.29) is 12.1 Å². The second kappa shape index (κ2) is 7.59. The Bertz CT molecular complexity index is 506. The van der Waals surface area contributed by atoms with Crippen molar-refractivity contribution in [2.24, 2.45) is 5.92 Å². The summed E-state index contributed by atoms with van der Waals surface area (Å²) >= 11 is 1.61. The van der Waals surface area contributed by atoms with E-state index >= 15 is 0 Å². The number of hydrogen-bond acceptors (Lipinski definition) is 5. The predicted molar refractivity (Wildman–Crippen MR) is 90.6 cm³/mol. The van der Waals surface area contributed by atoms with Gasteiger partial charge >= 0.3 is 6.03 Å². The van der Waals surface area contributed by atoms with Crippen LogP contribution in [0.25, 0.3) is 0 Å². The normalized spacial score (nSPS) is 24.9. The van der Waals surface area contributed by atoms with Gasteiger partial charge in [-0.25, -0.2) is 9.78 Å². The van der Waals surface area contributed by atoms with Gasteiger partial charge in [0.1, 0.15) is 5.01 Å². The molecule has 0 unspecified atom stereocenters. The number of rotatable bonds is 6. The number of morpholine rings is 1. The molecule has 7 heteroatoms. The lowest BCUT2D eigenvalue weighted by Crippen LogP contribution is -2.53. The lowest BCUT2D eigenvalue weighted by Gasteiger charge is -2.37. The first-order valence-electron chi connectivity index (χ1n) is 8.42. The summed E-state index contributed by atoms with van der Waals surface area (Å²) in [6.45, 7) is 7.43. The van der Waals surface area contributed by atoms with E-state index in [1.165, 1.54) is 12.8 Å². The Balaban J connectivity index is 1.47. The van der Waals surface area contributed by atoms with Crippen molar-refractivity contribution >= 4 is 17.4 Å². The fraction of sp³-hybridized carbons (Fsp3) is 0.750. The molecule has 2 aliphatic rings. The van der Waals surface area contributed by atoms with Gasteiger partial charge in [0.2, 0.25) is 0 Å². The molecule has 0 spiro atoms. The Morgan fingerprint density at radius 1 is 1.57 bits per heavy atom. The minimum atomic E-state index is -0.0927. The maximum atomic E-state index is 12.3. The quantitative estimate of drug-likeness (QED) is 0.833. The molecule has 0 bridgehead atoms. The van der Waals surface area contributed by atoms with E-state index in [1.54, 1.807) is 17.5 Å². The van der Waals surface area contributed by atoms with Crippen molar-refractivity contribution in [2.75, 3.05) is 26.3 Å². The Morgan fingerprint density at radius 3 is 3.04 bits per heavy atom. The van der Waals surface area contributed by atoms with Crippen LogP contribution in [0.2, 0.25) is 0 Å². The summed E-state index contributed by atoms with van der Waals surface area (Å²) in [4.78, 5) is 19.0. The molecule has 1 aromatic rings. The van der Waals surface area contributed by atoms with Crippen LogP contribution in [0.1, 0.15) is 37.7 Å². The molecule has 0 radical (unpaired) electrons. The topological polar surface area (TPSA) is 66.5 Å². The van der Waals surface area contributed by atoms with Crippen molar-refractivity contribution in [2.45, 2.75) is 44.8 Å². The van der Waals surface area contributed by atoms with E-state index in [4.69, 9.17) is 4.74 Å². The summed E-state index contributed by atoms with van der Waals surface area (Å²) in [5.41, 5.74) is 0. The lowest BCUT2D eigenvalue weighted by atomic mass is 10.2. The molecule has 128 valence electrons. The highest BCUT2D eigenvalue weighted by Crippen LogP contribution is 2.41. The molecule has 3 rings (SSSR count). The van der Waals surface area contributed by atoms with Crippen LogP contribution in [0.4, 0.5) is 4.79 Å². The van der Waals surface area contributed by atoms with Crippen molar-refractivity contribution in [3.63, 3.8) is 0 Å². The standard InChI is InChI=1S/C16H26N4O2S/c1-11(20-6-7-22-10-12(20)2)9-18-16(21)19-14(13-3-4-13)15-17-5-8-23-15/h5,8,11-14H,3-4,6-7,9-10H2,1-2H3,(H2,18,19,21)/t11-,12-,14+/m1/s1. The Kier molecular flexibility index (Phi) is 5.50. The number of urea groups is 1. The fourth-order valence-electron chi connectivity index (χ4n) is 3.14. The lowest BCUT2D eigenvalue weighted by molar-refractivity contribution is -0.0176. The van der Waals surface area contributed by atoms with Gasteiger partial charge in [-0.1, -0.05) is 0 Å². The van der Waals surface area contributed by atoms with Gasteiger partial charge in [-0.15, -0.1) is 11.3 Å². The molecule has 1 aliphatic carbocycles. The summed E-state index contributed by atoms with van der Waals surface area (Å²) in [5, 5.41) is 9.10. The van der Waals surface area contributed by atoms with Crippen molar-refractivity contribution < 1.29 is 9.53 Å². The molecule has 1 aliphatic heterocycles. The minimum Gasteiger partial charge on any atom is -0.379 e. The smallest absolute Gasteiger partial charge is 0.315 e. The number of nitrogens with one attached hydrogen (secondary N) is 2. The molecular formula is C16H26N4O2S. The molecule has 3 atom stereocenters. The fourth-order valence-corrected chi connectivity index (χ4v) is 3.92. The van der Waals surface area contributed by atoms with Crippen molar-refractivity contribution in [1.82, 2.24) is 20.5 Å². The van der Waals surface area contributed by atoms with Crippen molar-refractivity contribution in [3.8, 4) is 0 Å². The van der Waals surface area contributed by atoms with E-state index < -0.39 is 0 Å². The van der Waals surface area contributed by atoms with Crippen molar-refractivity contribution in [1.29, 1.82) is 0 Å². The summed E-state index contributed by atoms with van der Waals surface area (Å²) < 4.78 is 5.47. The van der Waals surface area contributed by atoms with Crippen LogP contribution in [0.3, 0.4) is 0 Å². The average Bonchev–Trinajstić information content (AvgIpc) is 3.24. The van der Waals surface area contributed by atoms with Gasteiger partial charge in [0.05, 0.1) is 19.3 Å². The Hall–Kier alpha value is -1.18. The van der Waals surface area contributed by atoms with Gasteiger partial charge in [0, 0.05) is 36.8 Å².